The molecule has 1 aliphatic carbocycles. The molecule has 7 heteroatoms. The Morgan fingerprint density at radius 1 is 1.29 bits per heavy atom. The number of benzene rings is 1. The van der Waals surface area contributed by atoms with Crippen LogP contribution in [0.25, 0.3) is 0 Å². The van der Waals surface area contributed by atoms with E-state index in [2.05, 4.69) is 0 Å². The average molecular weight is 406 g/mol. The highest BCUT2D eigenvalue weighted by Crippen LogP contribution is 2.52. The summed E-state index contributed by atoms with van der Waals surface area (Å²) in [5.74, 6) is -2.86. The fourth-order valence-corrected chi connectivity index (χ4v) is 4.53. The predicted molar refractivity (Wildman–Crippen MR) is 104 cm³/mol. The number of hydrogen-bond donors (Lipinski definition) is 1. The van der Waals surface area contributed by atoms with Crippen molar-refractivity contribution in [3.8, 4) is 0 Å². The van der Waals surface area contributed by atoms with Crippen molar-refractivity contribution < 1.29 is 24.2 Å². The van der Waals surface area contributed by atoms with Gasteiger partial charge in [0.15, 0.2) is 0 Å². The first kappa shape index (κ1) is 20.4. The van der Waals surface area contributed by atoms with Crippen molar-refractivity contribution in [2.24, 2.45) is 11.3 Å². The number of fused-ring (bicyclic) bond motifs is 1. The van der Waals surface area contributed by atoms with Gasteiger partial charge in [0.1, 0.15) is 5.41 Å². The number of allylic oxidation sites excluding steroid dienone is 1. The van der Waals surface area contributed by atoms with E-state index < -0.39 is 23.3 Å². The molecule has 1 aliphatic heterocycles. The first-order chi connectivity index (χ1) is 13.4. The number of ether oxygens (including phenoxy) is 1. The maximum absolute atomic E-state index is 13.2. The first-order valence-corrected chi connectivity index (χ1v) is 9.84. The third-order valence-electron chi connectivity index (χ3n) is 5.74. The highest BCUT2D eigenvalue weighted by Gasteiger charge is 2.61. The van der Waals surface area contributed by atoms with Crippen LogP contribution in [0.3, 0.4) is 0 Å². The minimum Gasteiger partial charge on any atom is -0.481 e. The molecule has 0 aromatic heterocycles. The molecule has 1 aromatic carbocycles. The summed E-state index contributed by atoms with van der Waals surface area (Å²) >= 11 is 5.93. The Kier molecular flexibility index (Phi) is 6.08. The SMILES string of the molecule is COC(=O)[C@]12CCCCC=C1N(CCc1ccc(Cl)cc1)C(=O)[C@@H]2CC(=O)O. The van der Waals surface area contributed by atoms with Gasteiger partial charge in [0.25, 0.3) is 0 Å². The molecule has 1 heterocycles. The van der Waals surface area contributed by atoms with E-state index in [1.54, 1.807) is 17.0 Å². The van der Waals surface area contributed by atoms with Crippen LogP contribution in [-0.2, 0) is 25.5 Å². The molecule has 0 bridgehead atoms. The van der Waals surface area contributed by atoms with Crippen LogP contribution in [0.4, 0.5) is 0 Å². The average Bonchev–Trinajstić information content (AvgIpc) is 2.82. The zero-order chi connectivity index (χ0) is 20.3. The van der Waals surface area contributed by atoms with Crippen molar-refractivity contribution in [1.29, 1.82) is 0 Å². The van der Waals surface area contributed by atoms with Crippen LogP contribution in [0.2, 0.25) is 5.02 Å². The molecule has 150 valence electrons. The van der Waals surface area contributed by atoms with Crippen LogP contribution < -0.4 is 0 Å². The largest absolute Gasteiger partial charge is 0.481 e. The normalized spacial score (nSPS) is 24.4. The molecule has 0 saturated carbocycles. The lowest BCUT2D eigenvalue weighted by atomic mass is 9.71. The van der Waals surface area contributed by atoms with Crippen LogP contribution >= 0.6 is 11.6 Å². The number of carbonyl (C=O) groups excluding carboxylic acids is 2. The Balaban J connectivity index is 1.96. The van der Waals surface area contributed by atoms with Crippen LogP contribution in [0.1, 0.15) is 37.7 Å². The second-order valence-corrected chi connectivity index (χ2v) is 7.75. The number of carboxylic acids is 1. The minimum atomic E-state index is -1.21. The van der Waals surface area contributed by atoms with E-state index in [4.69, 9.17) is 16.3 Å². The number of halogens is 1. The van der Waals surface area contributed by atoms with Gasteiger partial charge in [-0.05, 0) is 43.4 Å². The fourth-order valence-electron chi connectivity index (χ4n) is 4.41. The van der Waals surface area contributed by atoms with Gasteiger partial charge < -0.3 is 14.7 Å². The first-order valence-electron chi connectivity index (χ1n) is 9.47. The quantitative estimate of drug-likeness (QED) is 0.733. The summed E-state index contributed by atoms with van der Waals surface area (Å²) < 4.78 is 5.07. The zero-order valence-corrected chi connectivity index (χ0v) is 16.6. The Hall–Kier alpha value is -2.34. The van der Waals surface area contributed by atoms with Crippen LogP contribution in [-0.4, -0.2) is 41.5 Å². The van der Waals surface area contributed by atoms with E-state index in [-0.39, 0.29) is 12.3 Å². The number of carbonyl (C=O) groups is 3. The molecule has 2 atom stereocenters. The van der Waals surface area contributed by atoms with E-state index in [9.17, 15) is 19.5 Å². The van der Waals surface area contributed by atoms with E-state index in [0.29, 0.717) is 30.1 Å². The Morgan fingerprint density at radius 2 is 2.00 bits per heavy atom. The van der Waals surface area contributed by atoms with Crippen molar-refractivity contribution >= 4 is 29.4 Å². The standard InChI is InChI=1S/C21H24ClNO5/c1-28-20(27)21-11-4-2-3-5-17(21)23(19(26)16(21)13-18(24)25)12-10-14-6-8-15(22)9-7-14/h5-9,16H,2-4,10-13H2,1H3,(H,24,25)/t16-,21-/m0/s1. The maximum Gasteiger partial charge on any atom is 0.318 e. The van der Waals surface area contributed by atoms with Gasteiger partial charge in [0.05, 0.1) is 19.4 Å². The van der Waals surface area contributed by atoms with Crippen LogP contribution in [0, 0.1) is 11.3 Å². The van der Waals surface area contributed by atoms with Crippen molar-refractivity contribution in [3.05, 3.63) is 46.6 Å². The number of hydrogen-bond acceptors (Lipinski definition) is 4. The van der Waals surface area contributed by atoms with Gasteiger partial charge in [0, 0.05) is 17.3 Å². The van der Waals surface area contributed by atoms with Crippen molar-refractivity contribution in [3.63, 3.8) is 0 Å². The lowest BCUT2D eigenvalue weighted by molar-refractivity contribution is -0.156. The summed E-state index contributed by atoms with van der Waals surface area (Å²) in [6.45, 7) is 0.376. The lowest BCUT2D eigenvalue weighted by Crippen LogP contribution is -2.40. The summed E-state index contributed by atoms with van der Waals surface area (Å²) in [6, 6.07) is 7.37. The third kappa shape index (κ3) is 3.65. The molecule has 1 aromatic rings. The summed E-state index contributed by atoms with van der Waals surface area (Å²) in [5, 5.41) is 10.0. The number of rotatable bonds is 6. The molecule has 0 spiro atoms. The van der Waals surface area contributed by atoms with Gasteiger partial charge in [-0.3, -0.25) is 14.4 Å². The highest BCUT2D eigenvalue weighted by atomic mass is 35.5. The Bertz CT molecular complexity index is 804. The number of carboxylic acid groups (broad SMARTS) is 1. The monoisotopic (exact) mass is 405 g/mol. The van der Waals surface area contributed by atoms with Crippen LogP contribution in [0.15, 0.2) is 36.0 Å². The van der Waals surface area contributed by atoms with E-state index >= 15 is 0 Å². The number of nitrogens with zero attached hydrogens (tertiary/aromatic N) is 1. The summed E-state index contributed by atoms with van der Waals surface area (Å²) in [5.41, 5.74) is 0.416. The number of esters is 1. The molecule has 1 amide bonds. The van der Waals surface area contributed by atoms with Gasteiger partial charge in [-0.25, -0.2) is 0 Å². The minimum absolute atomic E-state index is 0.310. The topological polar surface area (TPSA) is 83.9 Å². The number of aliphatic carboxylic acids is 1. The fraction of sp³-hybridized carbons (Fsp3) is 0.476. The molecule has 6 nitrogen and oxygen atoms in total. The van der Waals surface area contributed by atoms with Crippen LogP contribution in [0.5, 0.6) is 0 Å². The molecule has 0 radical (unpaired) electrons. The van der Waals surface area contributed by atoms with E-state index in [1.807, 2.05) is 18.2 Å². The molecule has 0 unspecified atom stereocenters. The van der Waals surface area contributed by atoms with Gasteiger partial charge in [-0.1, -0.05) is 36.2 Å². The Morgan fingerprint density at radius 3 is 2.64 bits per heavy atom. The molecular weight excluding hydrogens is 382 g/mol. The van der Waals surface area contributed by atoms with Crippen molar-refractivity contribution in [1.82, 2.24) is 4.90 Å². The van der Waals surface area contributed by atoms with Crippen molar-refractivity contribution in [2.45, 2.75) is 38.5 Å². The summed E-state index contributed by atoms with van der Waals surface area (Å²) in [4.78, 5) is 39.2. The number of amides is 1. The smallest absolute Gasteiger partial charge is 0.318 e. The summed E-state index contributed by atoms with van der Waals surface area (Å²) in [7, 11) is 1.29. The lowest BCUT2D eigenvalue weighted by Gasteiger charge is -2.31. The third-order valence-corrected chi connectivity index (χ3v) is 5.99. The molecule has 3 rings (SSSR count). The second-order valence-electron chi connectivity index (χ2n) is 7.31. The summed E-state index contributed by atoms with van der Waals surface area (Å²) in [6.07, 6.45) is 4.92. The highest BCUT2D eigenvalue weighted by molar-refractivity contribution is 6.30. The molecule has 1 N–H and O–H groups in total. The van der Waals surface area contributed by atoms with Crippen molar-refractivity contribution in [2.75, 3.05) is 13.7 Å². The zero-order valence-electron chi connectivity index (χ0n) is 15.8. The molecule has 1 fully saturated rings. The van der Waals surface area contributed by atoms with Gasteiger partial charge in [-0.2, -0.15) is 0 Å². The van der Waals surface area contributed by atoms with E-state index in [0.717, 1.165) is 24.8 Å². The molecule has 1 saturated heterocycles. The maximum atomic E-state index is 13.2. The predicted octanol–water partition coefficient (Wildman–Crippen LogP) is 3.43. The van der Waals surface area contributed by atoms with Gasteiger partial charge in [0.2, 0.25) is 5.91 Å². The molecular formula is C21H24ClNO5. The Labute approximate surface area is 169 Å². The second kappa shape index (κ2) is 8.35. The number of methoxy groups -OCH3 is 1. The molecule has 2 aliphatic rings. The van der Waals surface area contributed by atoms with Gasteiger partial charge >= 0.3 is 11.9 Å². The van der Waals surface area contributed by atoms with E-state index in [1.165, 1.54) is 7.11 Å². The van der Waals surface area contributed by atoms with Gasteiger partial charge in [-0.15, -0.1) is 0 Å². The number of likely N-dealkylation sites (tertiary alicyclic amines) is 1. The molecule has 28 heavy (non-hydrogen) atoms.